The summed E-state index contributed by atoms with van der Waals surface area (Å²) >= 11 is 4.85. The van der Waals surface area contributed by atoms with Crippen LogP contribution in [0.4, 0.5) is 5.69 Å². The van der Waals surface area contributed by atoms with Gasteiger partial charge in [-0.2, -0.15) is 0 Å². The number of nitrogens with zero attached hydrogens (tertiary/aromatic N) is 1. The molecule has 7 heteroatoms. The Morgan fingerprint density at radius 1 is 1.14 bits per heavy atom. The number of carbonyl (C=O) groups is 1. The third-order valence-corrected chi connectivity index (χ3v) is 5.33. The lowest BCUT2D eigenvalue weighted by molar-refractivity contribution is -0.115. The zero-order valence-electron chi connectivity index (χ0n) is 15.9. The van der Waals surface area contributed by atoms with Gasteiger partial charge in [0, 0.05) is 0 Å². The lowest BCUT2D eigenvalue weighted by atomic mass is 10.2. The quantitative estimate of drug-likeness (QED) is 0.582. The third kappa shape index (κ3) is 4.97. The average Bonchev–Trinajstić information content (AvgIpc) is 2.99. The van der Waals surface area contributed by atoms with E-state index in [0.717, 1.165) is 15.7 Å². The minimum absolute atomic E-state index is 0.168. The molecule has 1 amide bonds. The monoisotopic (exact) mass is 460 g/mol. The lowest BCUT2D eigenvalue weighted by Gasteiger charge is -2.13. The van der Waals surface area contributed by atoms with Crippen molar-refractivity contribution >= 4 is 50.5 Å². The van der Waals surface area contributed by atoms with Crippen LogP contribution in [-0.4, -0.2) is 24.3 Å². The smallest absolute Gasteiger partial charge is 0.264 e. The molecular weight excluding hydrogens is 440 g/mol. The molecule has 0 bridgehead atoms. The summed E-state index contributed by atoms with van der Waals surface area (Å²) in [6.45, 7) is 6.93. The Morgan fingerprint density at radius 3 is 2.54 bits per heavy atom. The SMILES string of the molecule is CCOc1cc(/C=C2\SC(=Nc3ccc(C)cc3)NC2=O)cc(Br)c1OCC. The first kappa shape index (κ1) is 20.5. The molecule has 28 heavy (non-hydrogen) atoms. The zero-order chi connectivity index (χ0) is 20.1. The largest absolute Gasteiger partial charge is 0.490 e. The van der Waals surface area contributed by atoms with Crippen LogP contribution < -0.4 is 14.8 Å². The predicted octanol–water partition coefficient (Wildman–Crippen LogP) is 5.45. The molecular formula is C21H21BrN2O3S. The van der Waals surface area contributed by atoms with Crippen LogP contribution in [0.5, 0.6) is 11.5 Å². The van der Waals surface area contributed by atoms with Gasteiger partial charge in [0.15, 0.2) is 16.7 Å². The summed E-state index contributed by atoms with van der Waals surface area (Å²) in [7, 11) is 0. The minimum atomic E-state index is -0.168. The summed E-state index contributed by atoms with van der Waals surface area (Å²) in [5, 5.41) is 3.38. The van der Waals surface area contributed by atoms with Gasteiger partial charge in [0.1, 0.15) is 0 Å². The lowest BCUT2D eigenvalue weighted by Crippen LogP contribution is -2.19. The zero-order valence-corrected chi connectivity index (χ0v) is 18.3. The van der Waals surface area contributed by atoms with Crippen LogP contribution in [0.2, 0.25) is 0 Å². The molecule has 1 saturated heterocycles. The van der Waals surface area contributed by atoms with Crippen LogP contribution in [0.1, 0.15) is 25.0 Å². The fraction of sp³-hybridized carbons (Fsp3) is 0.238. The topological polar surface area (TPSA) is 59.9 Å². The molecule has 1 aliphatic rings. The number of ether oxygens (including phenoxy) is 2. The first-order valence-electron chi connectivity index (χ1n) is 8.95. The first-order chi connectivity index (χ1) is 13.5. The maximum absolute atomic E-state index is 12.3. The summed E-state index contributed by atoms with van der Waals surface area (Å²) in [5.74, 6) is 1.14. The van der Waals surface area contributed by atoms with Crippen LogP contribution in [0, 0.1) is 6.92 Å². The van der Waals surface area contributed by atoms with Gasteiger partial charge in [0.05, 0.1) is 28.3 Å². The molecule has 0 unspecified atom stereocenters. The summed E-state index contributed by atoms with van der Waals surface area (Å²) in [4.78, 5) is 17.4. The molecule has 0 aromatic heterocycles. The Bertz CT molecular complexity index is 939. The average molecular weight is 461 g/mol. The molecule has 0 radical (unpaired) electrons. The van der Waals surface area contributed by atoms with E-state index < -0.39 is 0 Å². The molecule has 0 spiro atoms. The van der Waals surface area contributed by atoms with Gasteiger partial charge in [-0.1, -0.05) is 17.7 Å². The van der Waals surface area contributed by atoms with E-state index in [4.69, 9.17) is 9.47 Å². The molecule has 3 rings (SSSR count). The number of carbonyl (C=O) groups excluding carboxylic acids is 1. The highest BCUT2D eigenvalue weighted by molar-refractivity contribution is 9.10. The summed E-state index contributed by atoms with van der Waals surface area (Å²) in [6.07, 6.45) is 1.82. The van der Waals surface area contributed by atoms with Gasteiger partial charge in [0.2, 0.25) is 0 Å². The number of thioether (sulfide) groups is 1. The standard InChI is InChI=1S/C21H21BrN2O3S/c1-4-26-17-11-14(10-16(22)19(17)27-5-2)12-18-20(25)24-21(28-18)23-15-8-6-13(3)7-9-15/h6-12H,4-5H2,1-3H3,(H,23,24,25)/b18-12-. The van der Waals surface area contributed by atoms with Crippen LogP contribution in [0.25, 0.3) is 6.08 Å². The normalized spacial score (nSPS) is 16.5. The summed E-state index contributed by atoms with van der Waals surface area (Å²) in [6, 6.07) is 11.6. The molecule has 0 saturated carbocycles. The molecule has 1 fully saturated rings. The Balaban J connectivity index is 1.86. The number of hydrogen-bond acceptors (Lipinski definition) is 5. The van der Waals surface area contributed by atoms with E-state index in [1.807, 2.05) is 63.2 Å². The van der Waals surface area contributed by atoms with E-state index in [1.54, 1.807) is 0 Å². The fourth-order valence-corrected chi connectivity index (χ4v) is 4.00. The van der Waals surface area contributed by atoms with Crippen molar-refractivity contribution in [3.05, 3.63) is 56.9 Å². The Hall–Kier alpha value is -2.25. The molecule has 2 aromatic rings. The molecule has 2 aromatic carbocycles. The maximum Gasteiger partial charge on any atom is 0.264 e. The van der Waals surface area contributed by atoms with E-state index >= 15 is 0 Å². The van der Waals surface area contributed by atoms with Crippen LogP contribution >= 0.6 is 27.7 Å². The van der Waals surface area contributed by atoms with Crippen LogP contribution in [-0.2, 0) is 4.79 Å². The molecule has 1 aliphatic heterocycles. The molecule has 146 valence electrons. The predicted molar refractivity (Wildman–Crippen MR) is 118 cm³/mol. The van der Waals surface area contributed by atoms with Crippen molar-refractivity contribution in [3.8, 4) is 11.5 Å². The second-order valence-corrected chi connectivity index (χ2v) is 7.90. The molecule has 5 nitrogen and oxygen atoms in total. The van der Waals surface area contributed by atoms with Crippen molar-refractivity contribution in [3.63, 3.8) is 0 Å². The van der Waals surface area contributed by atoms with Crippen molar-refractivity contribution in [2.24, 2.45) is 4.99 Å². The van der Waals surface area contributed by atoms with E-state index in [9.17, 15) is 4.79 Å². The minimum Gasteiger partial charge on any atom is -0.490 e. The van der Waals surface area contributed by atoms with Gasteiger partial charge in [-0.25, -0.2) is 4.99 Å². The van der Waals surface area contributed by atoms with Crippen molar-refractivity contribution in [1.29, 1.82) is 0 Å². The summed E-state index contributed by atoms with van der Waals surface area (Å²) < 4.78 is 12.1. The molecule has 1 N–H and O–H groups in total. The third-order valence-electron chi connectivity index (χ3n) is 3.83. The van der Waals surface area contributed by atoms with Gasteiger partial charge in [0.25, 0.3) is 5.91 Å². The number of aliphatic imine (C=N–C) groups is 1. The van der Waals surface area contributed by atoms with E-state index in [-0.39, 0.29) is 5.91 Å². The highest BCUT2D eigenvalue weighted by Gasteiger charge is 2.24. The number of hydrogen-bond donors (Lipinski definition) is 1. The summed E-state index contributed by atoms with van der Waals surface area (Å²) in [5.41, 5.74) is 2.81. The molecule has 0 atom stereocenters. The van der Waals surface area contributed by atoms with Gasteiger partial charge in [-0.15, -0.1) is 0 Å². The van der Waals surface area contributed by atoms with E-state index in [0.29, 0.717) is 34.8 Å². The van der Waals surface area contributed by atoms with Crippen molar-refractivity contribution in [2.45, 2.75) is 20.8 Å². The van der Waals surface area contributed by atoms with Crippen LogP contribution in [0.15, 0.2) is 50.8 Å². The number of benzene rings is 2. The number of nitrogens with one attached hydrogen (secondary N) is 1. The van der Waals surface area contributed by atoms with Crippen molar-refractivity contribution in [2.75, 3.05) is 13.2 Å². The number of amides is 1. The van der Waals surface area contributed by atoms with E-state index in [1.165, 1.54) is 17.3 Å². The van der Waals surface area contributed by atoms with Crippen LogP contribution in [0.3, 0.4) is 0 Å². The van der Waals surface area contributed by atoms with Crippen molar-refractivity contribution in [1.82, 2.24) is 5.32 Å². The van der Waals surface area contributed by atoms with E-state index in [2.05, 4.69) is 26.2 Å². The second-order valence-electron chi connectivity index (χ2n) is 6.01. The Morgan fingerprint density at radius 2 is 1.86 bits per heavy atom. The highest BCUT2D eigenvalue weighted by atomic mass is 79.9. The number of halogens is 1. The number of aryl methyl sites for hydroxylation is 1. The number of amidine groups is 1. The second kappa shape index (κ2) is 9.30. The van der Waals surface area contributed by atoms with Gasteiger partial charge in [-0.3, -0.25) is 4.79 Å². The number of rotatable bonds is 6. The maximum atomic E-state index is 12.3. The first-order valence-corrected chi connectivity index (χ1v) is 10.6. The molecule has 1 heterocycles. The highest BCUT2D eigenvalue weighted by Crippen LogP contribution is 2.38. The van der Waals surface area contributed by atoms with Crippen molar-refractivity contribution < 1.29 is 14.3 Å². The Labute approximate surface area is 177 Å². The Kier molecular flexibility index (Phi) is 6.80. The van der Waals surface area contributed by atoms with Gasteiger partial charge < -0.3 is 14.8 Å². The van der Waals surface area contributed by atoms with Gasteiger partial charge in [-0.05, 0) is 84.4 Å². The fourth-order valence-electron chi connectivity index (χ4n) is 2.59. The van der Waals surface area contributed by atoms with Gasteiger partial charge >= 0.3 is 0 Å². The molecule has 0 aliphatic carbocycles.